The first-order valence-corrected chi connectivity index (χ1v) is 12.6. The van der Waals surface area contributed by atoms with E-state index in [-0.39, 0.29) is 35.1 Å². The fraction of sp³-hybridized carbons (Fsp3) is 0.760. The van der Waals surface area contributed by atoms with Crippen LogP contribution in [-0.2, 0) is 9.59 Å². The highest BCUT2D eigenvalue weighted by Gasteiger charge is 2.30. The number of H-pyrrole nitrogens is 1. The number of rotatable bonds is 5. The zero-order chi connectivity index (χ0) is 22.7. The third-order valence-electron chi connectivity index (χ3n) is 7.60. The maximum absolute atomic E-state index is 12.9. The third-order valence-corrected chi connectivity index (χ3v) is 7.60. The van der Waals surface area contributed by atoms with Crippen molar-refractivity contribution in [3.8, 4) is 0 Å². The number of aromatic amines is 1. The molecule has 176 valence electrons. The average molecular weight is 443 g/mol. The van der Waals surface area contributed by atoms with Crippen molar-refractivity contribution in [3.05, 3.63) is 27.9 Å². The van der Waals surface area contributed by atoms with Gasteiger partial charge < -0.3 is 14.8 Å². The Morgan fingerprint density at radius 1 is 1.00 bits per heavy atom. The van der Waals surface area contributed by atoms with Gasteiger partial charge in [0.2, 0.25) is 11.8 Å². The van der Waals surface area contributed by atoms with Crippen molar-refractivity contribution >= 4 is 11.8 Å². The van der Waals surface area contributed by atoms with Crippen molar-refractivity contribution in [2.45, 2.75) is 83.5 Å². The summed E-state index contributed by atoms with van der Waals surface area (Å²) in [4.78, 5) is 49.4. The summed E-state index contributed by atoms with van der Waals surface area (Å²) in [7, 11) is 0. The molecule has 7 heteroatoms. The summed E-state index contributed by atoms with van der Waals surface area (Å²) >= 11 is 0. The minimum absolute atomic E-state index is 0.0124. The topological polar surface area (TPSA) is 86.4 Å². The third kappa shape index (κ3) is 5.41. The summed E-state index contributed by atoms with van der Waals surface area (Å²) in [6, 6.07) is 1.62. The molecule has 0 unspecified atom stereocenters. The molecule has 1 aromatic heterocycles. The second-order valence-corrected chi connectivity index (χ2v) is 10.3. The molecular formula is C25H38N4O3. The van der Waals surface area contributed by atoms with Crippen molar-refractivity contribution in [3.63, 3.8) is 0 Å². The van der Waals surface area contributed by atoms with Crippen LogP contribution in [0.4, 0.5) is 0 Å². The molecule has 0 bridgehead atoms. The minimum atomic E-state index is -0.111. The van der Waals surface area contributed by atoms with Gasteiger partial charge in [-0.05, 0) is 44.4 Å². The van der Waals surface area contributed by atoms with Crippen molar-refractivity contribution < 1.29 is 9.59 Å². The molecule has 1 aliphatic carbocycles. The summed E-state index contributed by atoms with van der Waals surface area (Å²) in [5, 5.41) is 0. The van der Waals surface area contributed by atoms with Gasteiger partial charge in [0.1, 0.15) is 5.82 Å². The van der Waals surface area contributed by atoms with Crippen LogP contribution < -0.4 is 5.56 Å². The van der Waals surface area contributed by atoms with Gasteiger partial charge in [-0.3, -0.25) is 14.4 Å². The van der Waals surface area contributed by atoms with E-state index < -0.39 is 0 Å². The summed E-state index contributed by atoms with van der Waals surface area (Å²) in [5.74, 6) is 2.08. The molecule has 2 saturated heterocycles. The number of nitrogens with one attached hydrogen (secondary N) is 1. The molecule has 3 aliphatic rings. The molecule has 1 atom stereocenters. The van der Waals surface area contributed by atoms with Gasteiger partial charge in [0.15, 0.2) is 0 Å². The Labute approximate surface area is 191 Å². The normalized spacial score (nSPS) is 23.2. The van der Waals surface area contributed by atoms with E-state index in [4.69, 9.17) is 4.98 Å². The number of hydrogen-bond acceptors (Lipinski definition) is 4. The first-order valence-electron chi connectivity index (χ1n) is 12.6. The van der Waals surface area contributed by atoms with Gasteiger partial charge in [0.05, 0.1) is 5.69 Å². The van der Waals surface area contributed by atoms with Gasteiger partial charge >= 0.3 is 0 Å². The van der Waals surface area contributed by atoms with E-state index in [1.807, 2.05) is 23.6 Å². The maximum Gasteiger partial charge on any atom is 0.251 e. The summed E-state index contributed by atoms with van der Waals surface area (Å²) in [5.41, 5.74) is 0.711. The molecule has 0 aromatic carbocycles. The number of aromatic nitrogens is 2. The molecule has 3 fully saturated rings. The molecule has 3 heterocycles. The predicted octanol–water partition coefficient (Wildman–Crippen LogP) is 3.42. The quantitative estimate of drug-likeness (QED) is 0.757. The molecule has 2 aliphatic heterocycles. The van der Waals surface area contributed by atoms with Gasteiger partial charge in [0, 0.05) is 56.4 Å². The van der Waals surface area contributed by atoms with Gasteiger partial charge in [0.25, 0.3) is 5.56 Å². The van der Waals surface area contributed by atoms with Crippen LogP contribution in [0.5, 0.6) is 0 Å². The van der Waals surface area contributed by atoms with Crippen LogP contribution in [0.1, 0.15) is 95.0 Å². The van der Waals surface area contributed by atoms with E-state index in [2.05, 4.69) is 4.98 Å². The molecule has 32 heavy (non-hydrogen) atoms. The largest absolute Gasteiger partial charge is 0.342 e. The number of piperidine rings is 2. The molecule has 0 radical (unpaired) electrons. The Morgan fingerprint density at radius 2 is 1.72 bits per heavy atom. The van der Waals surface area contributed by atoms with E-state index in [0.717, 1.165) is 43.7 Å². The van der Waals surface area contributed by atoms with Crippen LogP contribution in [0.3, 0.4) is 0 Å². The smallest absolute Gasteiger partial charge is 0.251 e. The first kappa shape index (κ1) is 23.0. The number of likely N-dealkylation sites (tertiary alicyclic amines) is 2. The van der Waals surface area contributed by atoms with Gasteiger partial charge in [-0.1, -0.05) is 26.7 Å². The average Bonchev–Trinajstić information content (AvgIpc) is 3.31. The van der Waals surface area contributed by atoms with Gasteiger partial charge in [-0.2, -0.15) is 0 Å². The molecule has 1 saturated carbocycles. The van der Waals surface area contributed by atoms with Crippen LogP contribution in [0.15, 0.2) is 10.9 Å². The van der Waals surface area contributed by atoms with Gasteiger partial charge in [-0.25, -0.2) is 4.98 Å². The molecule has 1 aromatic rings. The van der Waals surface area contributed by atoms with E-state index in [0.29, 0.717) is 32.0 Å². The zero-order valence-electron chi connectivity index (χ0n) is 19.6. The van der Waals surface area contributed by atoms with Crippen LogP contribution >= 0.6 is 0 Å². The molecule has 7 nitrogen and oxygen atoms in total. The Hall–Kier alpha value is -2.18. The highest BCUT2D eigenvalue weighted by atomic mass is 16.2. The Kier molecular flexibility index (Phi) is 7.31. The van der Waals surface area contributed by atoms with E-state index in [9.17, 15) is 14.4 Å². The Balaban J connectivity index is 1.40. The Bertz CT molecular complexity index is 866. The van der Waals surface area contributed by atoms with Crippen molar-refractivity contribution in [2.24, 2.45) is 11.8 Å². The van der Waals surface area contributed by atoms with E-state index in [1.54, 1.807) is 6.07 Å². The highest BCUT2D eigenvalue weighted by Crippen LogP contribution is 2.31. The second-order valence-electron chi connectivity index (χ2n) is 10.3. The summed E-state index contributed by atoms with van der Waals surface area (Å²) < 4.78 is 0. The monoisotopic (exact) mass is 442 g/mol. The minimum Gasteiger partial charge on any atom is -0.342 e. The maximum atomic E-state index is 12.9. The lowest BCUT2D eigenvalue weighted by molar-refractivity contribution is -0.135. The fourth-order valence-electron chi connectivity index (χ4n) is 5.67. The van der Waals surface area contributed by atoms with Crippen molar-refractivity contribution in [1.29, 1.82) is 0 Å². The van der Waals surface area contributed by atoms with E-state index >= 15 is 0 Å². The summed E-state index contributed by atoms with van der Waals surface area (Å²) in [6.07, 6.45) is 9.12. The molecule has 0 spiro atoms. The van der Waals surface area contributed by atoms with Crippen LogP contribution in [0.25, 0.3) is 0 Å². The lowest BCUT2D eigenvalue weighted by Crippen LogP contribution is -2.41. The molecule has 2 amide bonds. The molecule has 1 N–H and O–H groups in total. The van der Waals surface area contributed by atoms with Crippen molar-refractivity contribution in [1.82, 2.24) is 19.8 Å². The number of hydrogen-bond donors (Lipinski definition) is 1. The second kappa shape index (κ2) is 10.2. The van der Waals surface area contributed by atoms with Gasteiger partial charge in [-0.15, -0.1) is 0 Å². The molecular weight excluding hydrogens is 404 g/mol. The lowest BCUT2D eigenvalue weighted by Gasteiger charge is -2.34. The van der Waals surface area contributed by atoms with Crippen LogP contribution in [-0.4, -0.2) is 57.8 Å². The first-order chi connectivity index (χ1) is 15.4. The van der Waals surface area contributed by atoms with Crippen LogP contribution in [0, 0.1) is 11.8 Å². The predicted molar refractivity (Wildman–Crippen MR) is 123 cm³/mol. The zero-order valence-corrected chi connectivity index (χ0v) is 19.6. The lowest BCUT2D eigenvalue weighted by atomic mass is 9.92. The standard InChI is InChI=1S/C25H38N4O3/c1-17(2)25(32)28-12-9-19(10-13-28)24-26-21(15-22(30)27-24)20-8-5-11-29(16-20)23(31)14-18-6-3-4-7-18/h15,17-20H,3-14,16H2,1-2H3,(H,26,27,30)/t20-/m1/s1. The number of nitrogens with zero attached hydrogens (tertiary/aromatic N) is 3. The number of carbonyl (C=O) groups excluding carboxylic acids is 2. The summed E-state index contributed by atoms with van der Waals surface area (Å²) in [6.45, 7) is 6.78. The number of carbonyl (C=O) groups is 2. The molecule has 4 rings (SSSR count). The number of amides is 2. The van der Waals surface area contributed by atoms with E-state index in [1.165, 1.54) is 25.7 Å². The fourth-order valence-corrected chi connectivity index (χ4v) is 5.67. The highest BCUT2D eigenvalue weighted by molar-refractivity contribution is 5.78. The Morgan fingerprint density at radius 3 is 2.41 bits per heavy atom. The van der Waals surface area contributed by atoms with Crippen LogP contribution in [0.2, 0.25) is 0 Å². The SMILES string of the molecule is CC(C)C(=O)N1CCC(c2nc([C@@H]3CCCN(C(=O)CC4CCCC4)C3)cc(=O)[nH]2)CC1. The van der Waals surface area contributed by atoms with Crippen molar-refractivity contribution in [2.75, 3.05) is 26.2 Å².